The van der Waals surface area contributed by atoms with Gasteiger partial charge in [-0.05, 0) is 55.8 Å². The van der Waals surface area contributed by atoms with Gasteiger partial charge in [-0.1, -0.05) is 13.8 Å². The molecule has 0 aliphatic rings. The topological polar surface area (TPSA) is 47.6 Å². The number of halogens is 2. The molecule has 0 saturated carbocycles. The van der Waals surface area contributed by atoms with Crippen molar-refractivity contribution in [1.82, 2.24) is 0 Å². The number of nitriles is 2. The third-order valence-corrected chi connectivity index (χ3v) is 7.81. The van der Waals surface area contributed by atoms with Crippen molar-refractivity contribution in [2.24, 2.45) is 0 Å². The van der Waals surface area contributed by atoms with Crippen LogP contribution in [-0.2, 0) is 12.8 Å². The fourth-order valence-electron chi connectivity index (χ4n) is 2.07. The Morgan fingerprint density at radius 1 is 0.818 bits per heavy atom. The highest BCUT2D eigenvalue weighted by molar-refractivity contribution is 9.13. The van der Waals surface area contributed by atoms with Gasteiger partial charge in [-0.3, -0.25) is 0 Å². The summed E-state index contributed by atoms with van der Waals surface area (Å²) in [4.78, 5) is 2.54. The molecule has 1 aromatic carbocycles. The lowest BCUT2D eigenvalue weighted by molar-refractivity contribution is 0.952. The monoisotopic (exact) mass is 460 g/mol. The third-order valence-electron chi connectivity index (χ3n) is 3.10. The maximum Gasteiger partial charge on any atom is 0.0630 e. The summed E-state index contributed by atoms with van der Waals surface area (Å²) in [5.41, 5.74) is 2.57. The lowest BCUT2D eigenvalue weighted by Gasteiger charge is -2.20. The van der Waals surface area contributed by atoms with Crippen molar-refractivity contribution in [2.45, 2.75) is 49.3 Å². The molecule has 0 spiro atoms. The largest absolute Gasteiger partial charge is 0.198 e. The first-order valence-corrected chi connectivity index (χ1v) is 10.7. The Balaban J connectivity index is 3.35. The lowest BCUT2D eigenvalue weighted by atomic mass is 10.1. The van der Waals surface area contributed by atoms with Crippen LogP contribution in [0, 0.1) is 22.7 Å². The molecule has 2 nitrogen and oxygen atoms in total. The molecule has 6 heteroatoms. The molecule has 0 aliphatic heterocycles. The van der Waals surface area contributed by atoms with Crippen molar-refractivity contribution in [3.63, 3.8) is 0 Å². The highest BCUT2D eigenvalue weighted by atomic mass is 79.9. The quantitative estimate of drug-likeness (QED) is 0.334. The zero-order valence-corrected chi connectivity index (χ0v) is 17.5. The second-order valence-corrected chi connectivity index (χ2v) is 8.26. The average Bonchev–Trinajstić information content (AvgIpc) is 2.52. The van der Waals surface area contributed by atoms with Crippen LogP contribution in [0.15, 0.2) is 18.7 Å². The molecule has 0 aromatic heterocycles. The van der Waals surface area contributed by atoms with Gasteiger partial charge in [0.2, 0.25) is 0 Å². The van der Waals surface area contributed by atoms with E-state index in [1.165, 1.54) is 20.9 Å². The fraction of sp³-hybridized carbons (Fsp3) is 0.500. The van der Waals surface area contributed by atoms with E-state index >= 15 is 0 Å². The summed E-state index contributed by atoms with van der Waals surface area (Å²) in [5.74, 6) is 1.60. The van der Waals surface area contributed by atoms with E-state index in [0.717, 1.165) is 33.3 Å². The van der Waals surface area contributed by atoms with Gasteiger partial charge in [-0.15, -0.1) is 23.5 Å². The highest BCUT2D eigenvalue weighted by Gasteiger charge is 2.20. The van der Waals surface area contributed by atoms with Crippen LogP contribution >= 0.6 is 55.4 Å². The van der Waals surface area contributed by atoms with E-state index < -0.39 is 0 Å². The molecule has 0 aliphatic carbocycles. The molecule has 0 fully saturated rings. The average molecular weight is 462 g/mol. The van der Waals surface area contributed by atoms with Crippen molar-refractivity contribution in [1.29, 1.82) is 10.5 Å². The molecule has 118 valence electrons. The second kappa shape index (κ2) is 10.6. The SMILES string of the molecule is CCc1c(Br)c(Br)c(CC)c(SCCC#N)c1SCCC#N. The van der Waals surface area contributed by atoms with Gasteiger partial charge in [0.15, 0.2) is 0 Å². The van der Waals surface area contributed by atoms with Crippen LogP contribution in [-0.4, -0.2) is 11.5 Å². The maximum absolute atomic E-state index is 8.79. The number of rotatable bonds is 8. The van der Waals surface area contributed by atoms with Gasteiger partial charge in [-0.25, -0.2) is 0 Å². The Hall–Kier alpha value is -0.140. The number of hydrogen-bond acceptors (Lipinski definition) is 4. The van der Waals surface area contributed by atoms with E-state index in [-0.39, 0.29) is 0 Å². The minimum atomic E-state index is 0.547. The summed E-state index contributed by atoms with van der Waals surface area (Å²) in [6, 6.07) is 4.42. The highest BCUT2D eigenvalue weighted by Crippen LogP contribution is 2.45. The Morgan fingerprint density at radius 2 is 1.18 bits per heavy atom. The molecule has 0 unspecified atom stereocenters. The van der Waals surface area contributed by atoms with Crippen LogP contribution < -0.4 is 0 Å². The maximum atomic E-state index is 8.79. The Bertz CT molecular complexity index is 551. The Kier molecular flexibility index (Phi) is 9.59. The number of thioether (sulfide) groups is 2. The van der Waals surface area contributed by atoms with Gasteiger partial charge in [0.05, 0.1) is 12.1 Å². The second-order valence-electron chi connectivity index (χ2n) is 4.46. The summed E-state index contributed by atoms with van der Waals surface area (Å²) in [6.07, 6.45) is 2.96. The van der Waals surface area contributed by atoms with Crippen molar-refractivity contribution in [2.75, 3.05) is 11.5 Å². The molecule has 22 heavy (non-hydrogen) atoms. The van der Waals surface area contributed by atoms with E-state index in [2.05, 4.69) is 57.8 Å². The smallest absolute Gasteiger partial charge is 0.0630 e. The van der Waals surface area contributed by atoms with Gasteiger partial charge in [0.1, 0.15) is 0 Å². The fourth-order valence-corrected chi connectivity index (χ4v) is 6.27. The molecule has 0 atom stereocenters. The molecule has 0 radical (unpaired) electrons. The van der Waals surface area contributed by atoms with Crippen molar-refractivity contribution in [3.8, 4) is 12.1 Å². The minimum absolute atomic E-state index is 0.547. The summed E-state index contributed by atoms with van der Waals surface area (Å²) in [6.45, 7) is 4.30. The van der Waals surface area contributed by atoms with Crippen molar-refractivity contribution >= 4 is 55.4 Å². The van der Waals surface area contributed by atoms with Crippen LogP contribution in [0.5, 0.6) is 0 Å². The summed E-state index contributed by atoms with van der Waals surface area (Å²) < 4.78 is 2.24. The first-order chi connectivity index (χ1) is 10.6. The number of hydrogen-bond donors (Lipinski definition) is 0. The lowest BCUT2D eigenvalue weighted by Crippen LogP contribution is -2.00. The number of nitrogens with zero attached hydrogens (tertiary/aromatic N) is 2. The molecular weight excluding hydrogens is 444 g/mol. The van der Waals surface area contributed by atoms with Gasteiger partial charge in [0.25, 0.3) is 0 Å². The summed E-state index contributed by atoms with van der Waals surface area (Å²) in [5, 5.41) is 17.6. The van der Waals surface area contributed by atoms with Gasteiger partial charge < -0.3 is 0 Å². The molecule has 0 heterocycles. The van der Waals surface area contributed by atoms with Crippen LogP contribution in [0.4, 0.5) is 0 Å². The van der Waals surface area contributed by atoms with E-state index in [1.54, 1.807) is 23.5 Å². The van der Waals surface area contributed by atoms with Crippen LogP contribution in [0.1, 0.15) is 37.8 Å². The first kappa shape index (κ1) is 19.9. The Labute approximate surface area is 158 Å². The molecule has 0 N–H and O–H groups in total. The van der Waals surface area contributed by atoms with Gasteiger partial charge in [-0.2, -0.15) is 10.5 Å². The standard InChI is InChI=1S/C16H18Br2N2S2/c1-3-11-13(17)14(18)12(4-2)16(22-10-6-8-20)15(11)21-9-5-7-19/h3-6,9-10H2,1-2H3. The van der Waals surface area contributed by atoms with Crippen molar-refractivity contribution < 1.29 is 0 Å². The number of benzene rings is 1. The van der Waals surface area contributed by atoms with E-state index in [1.807, 2.05) is 0 Å². The Morgan fingerprint density at radius 3 is 1.45 bits per heavy atom. The zero-order valence-electron chi connectivity index (χ0n) is 12.7. The predicted octanol–water partition coefficient (Wildman–Crippen LogP) is 6.35. The van der Waals surface area contributed by atoms with Crippen LogP contribution in [0.3, 0.4) is 0 Å². The normalized spacial score (nSPS) is 10.3. The first-order valence-electron chi connectivity index (χ1n) is 7.14. The summed E-state index contributed by atoms with van der Waals surface area (Å²) >= 11 is 11.0. The van der Waals surface area contributed by atoms with Crippen molar-refractivity contribution in [3.05, 3.63) is 20.1 Å². The van der Waals surface area contributed by atoms with Crippen LogP contribution in [0.25, 0.3) is 0 Å². The molecular formula is C16H18Br2N2S2. The molecule has 0 amide bonds. The minimum Gasteiger partial charge on any atom is -0.198 e. The van der Waals surface area contributed by atoms with Gasteiger partial charge >= 0.3 is 0 Å². The van der Waals surface area contributed by atoms with E-state index in [4.69, 9.17) is 10.5 Å². The van der Waals surface area contributed by atoms with Gasteiger partial charge in [0, 0.05) is 43.1 Å². The molecule has 1 rings (SSSR count). The van der Waals surface area contributed by atoms with E-state index in [0.29, 0.717) is 12.8 Å². The summed E-state index contributed by atoms with van der Waals surface area (Å²) in [7, 11) is 0. The van der Waals surface area contributed by atoms with Crippen LogP contribution in [0.2, 0.25) is 0 Å². The zero-order chi connectivity index (χ0) is 16.5. The predicted molar refractivity (Wildman–Crippen MR) is 103 cm³/mol. The molecule has 0 saturated heterocycles. The molecule has 1 aromatic rings. The molecule has 0 bridgehead atoms. The third kappa shape index (κ3) is 4.93. The van der Waals surface area contributed by atoms with E-state index in [9.17, 15) is 0 Å².